The van der Waals surface area contributed by atoms with Gasteiger partial charge in [0.1, 0.15) is 12.0 Å². The first-order chi connectivity index (χ1) is 10.3. The fourth-order valence-corrected chi connectivity index (χ4v) is 2.31. The third-order valence-corrected chi connectivity index (χ3v) is 3.44. The van der Waals surface area contributed by atoms with E-state index in [9.17, 15) is 0 Å². The normalized spacial score (nSPS) is 17.6. The van der Waals surface area contributed by atoms with E-state index in [1.807, 2.05) is 30.3 Å². The van der Waals surface area contributed by atoms with Crippen LogP contribution in [0.15, 0.2) is 36.7 Å². The highest BCUT2D eigenvalue weighted by atomic mass is 16.5. The zero-order valence-electron chi connectivity index (χ0n) is 11.7. The Bertz CT molecular complexity index is 584. The molecule has 21 heavy (non-hydrogen) atoms. The molecule has 1 saturated heterocycles. The Hall–Kier alpha value is -2.34. The lowest BCUT2D eigenvalue weighted by atomic mass is 10.2. The number of ether oxygens (including phenoxy) is 1. The van der Waals surface area contributed by atoms with Crippen LogP contribution in [0, 0.1) is 0 Å². The lowest BCUT2D eigenvalue weighted by Gasteiger charge is -2.14. The molecule has 6 heteroatoms. The van der Waals surface area contributed by atoms with E-state index in [-0.39, 0.29) is 6.10 Å². The maximum atomic E-state index is 6.13. The Morgan fingerprint density at radius 1 is 1.19 bits per heavy atom. The number of nitrogen functional groups attached to an aromatic ring is 1. The van der Waals surface area contributed by atoms with Crippen molar-refractivity contribution in [3.63, 3.8) is 0 Å². The van der Waals surface area contributed by atoms with Gasteiger partial charge in [-0.05, 0) is 25.0 Å². The Morgan fingerprint density at radius 3 is 2.76 bits per heavy atom. The summed E-state index contributed by atoms with van der Waals surface area (Å²) in [5, 5.41) is 6.43. The molecule has 0 radical (unpaired) electrons. The zero-order chi connectivity index (χ0) is 14.5. The van der Waals surface area contributed by atoms with E-state index in [1.54, 1.807) is 0 Å². The molecular weight excluding hydrogens is 266 g/mol. The van der Waals surface area contributed by atoms with Crippen molar-refractivity contribution in [1.29, 1.82) is 0 Å². The Morgan fingerprint density at radius 2 is 2.00 bits per heavy atom. The Kier molecular flexibility index (Phi) is 4.16. The fourth-order valence-electron chi connectivity index (χ4n) is 2.31. The summed E-state index contributed by atoms with van der Waals surface area (Å²) in [5.41, 5.74) is 7.58. The molecule has 1 fully saturated rings. The van der Waals surface area contributed by atoms with Crippen molar-refractivity contribution < 1.29 is 4.74 Å². The number of benzene rings is 1. The number of nitrogens with two attached hydrogens (primary N) is 1. The molecule has 1 atom stereocenters. The van der Waals surface area contributed by atoms with Gasteiger partial charge in [0.15, 0.2) is 11.6 Å². The SMILES string of the molecule is Nc1c(NCC2CCCO2)ncnc1Nc1ccccc1. The van der Waals surface area contributed by atoms with Gasteiger partial charge in [-0.15, -0.1) is 0 Å². The topological polar surface area (TPSA) is 85.1 Å². The van der Waals surface area contributed by atoms with Crippen molar-refractivity contribution in [2.45, 2.75) is 18.9 Å². The van der Waals surface area contributed by atoms with Gasteiger partial charge in [-0.3, -0.25) is 0 Å². The molecular formula is C15H19N5O. The third-order valence-electron chi connectivity index (χ3n) is 3.44. The third kappa shape index (κ3) is 3.41. The second-order valence-corrected chi connectivity index (χ2v) is 4.99. The van der Waals surface area contributed by atoms with Crippen LogP contribution >= 0.6 is 0 Å². The fraction of sp³-hybridized carbons (Fsp3) is 0.333. The van der Waals surface area contributed by atoms with Crippen LogP contribution in [0.5, 0.6) is 0 Å². The molecule has 0 aliphatic carbocycles. The van der Waals surface area contributed by atoms with Crippen molar-refractivity contribution in [2.24, 2.45) is 0 Å². The van der Waals surface area contributed by atoms with E-state index in [2.05, 4.69) is 20.6 Å². The summed E-state index contributed by atoms with van der Waals surface area (Å²) in [6, 6.07) is 9.79. The molecule has 0 bridgehead atoms. The van der Waals surface area contributed by atoms with E-state index in [1.165, 1.54) is 6.33 Å². The first-order valence-corrected chi connectivity index (χ1v) is 7.11. The minimum absolute atomic E-state index is 0.241. The number of nitrogens with zero attached hydrogens (tertiary/aromatic N) is 2. The molecule has 1 aliphatic heterocycles. The van der Waals surface area contributed by atoms with Crippen molar-refractivity contribution in [3.8, 4) is 0 Å². The number of aromatic nitrogens is 2. The zero-order valence-corrected chi connectivity index (χ0v) is 11.7. The monoisotopic (exact) mass is 285 g/mol. The molecule has 1 unspecified atom stereocenters. The van der Waals surface area contributed by atoms with Gasteiger partial charge >= 0.3 is 0 Å². The Balaban J connectivity index is 1.69. The summed E-state index contributed by atoms with van der Waals surface area (Å²) in [6.07, 6.45) is 3.93. The molecule has 6 nitrogen and oxygen atoms in total. The maximum Gasteiger partial charge on any atom is 0.159 e. The van der Waals surface area contributed by atoms with Gasteiger partial charge in [0, 0.05) is 18.8 Å². The van der Waals surface area contributed by atoms with Crippen molar-refractivity contribution in [1.82, 2.24) is 9.97 Å². The van der Waals surface area contributed by atoms with Gasteiger partial charge in [0.2, 0.25) is 0 Å². The largest absolute Gasteiger partial charge is 0.393 e. The summed E-state index contributed by atoms with van der Waals surface area (Å²) >= 11 is 0. The second kappa shape index (κ2) is 6.41. The highest BCUT2D eigenvalue weighted by Crippen LogP contribution is 2.26. The lowest BCUT2D eigenvalue weighted by Crippen LogP contribution is -2.20. The lowest BCUT2D eigenvalue weighted by molar-refractivity contribution is 0.120. The van der Waals surface area contributed by atoms with Gasteiger partial charge < -0.3 is 21.1 Å². The van der Waals surface area contributed by atoms with Crippen LogP contribution < -0.4 is 16.4 Å². The number of para-hydroxylation sites is 1. The standard InChI is InChI=1S/C15H19N5O/c16-13-14(17-9-12-7-4-8-21-12)18-10-19-15(13)20-11-5-2-1-3-6-11/h1-3,5-6,10,12H,4,7-9,16H2,(H2,17,18,19,20). The van der Waals surface area contributed by atoms with Gasteiger partial charge in [-0.25, -0.2) is 9.97 Å². The van der Waals surface area contributed by atoms with E-state index in [4.69, 9.17) is 10.5 Å². The molecule has 1 aromatic carbocycles. The predicted octanol–water partition coefficient (Wildman–Crippen LogP) is 2.39. The smallest absolute Gasteiger partial charge is 0.159 e. The van der Waals surface area contributed by atoms with E-state index in [0.717, 1.165) is 25.1 Å². The van der Waals surface area contributed by atoms with E-state index in [0.29, 0.717) is 23.9 Å². The van der Waals surface area contributed by atoms with Gasteiger partial charge in [0.05, 0.1) is 6.10 Å². The molecule has 0 saturated carbocycles. The van der Waals surface area contributed by atoms with Crippen LogP contribution in [0.2, 0.25) is 0 Å². The number of nitrogens with one attached hydrogen (secondary N) is 2. The van der Waals surface area contributed by atoms with Crippen LogP contribution in [-0.4, -0.2) is 29.2 Å². The number of rotatable bonds is 5. The molecule has 1 aliphatic rings. The molecule has 2 heterocycles. The van der Waals surface area contributed by atoms with Crippen molar-refractivity contribution in [3.05, 3.63) is 36.7 Å². The number of anilines is 4. The molecule has 3 rings (SSSR count). The maximum absolute atomic E-state index is 6.13. The quantitative estimate of drug-likeness (QED) is 0.782. The number of hydrogen-bond donors (Lipinski definition) is 3. The summed E-state index contributed by atoms with van der Waals surface area (Å²) in [6.45, 7) is 1.55. The molecule has 4 N–H and O–H groups in total. The van der Waals surface area contributed by atoms with Crippen LogP contribution in [0.3, 0.4) is 0 Å². The molecule has 2 aromatic rings. The van der Waals surface area contributed by atoms with Gasteiger partial charge in [-0.1, -0.05) is 18.2 Å². The first kappa shape index (κ1) is 13.6. The Labute approximate surface area is 123 Å². The predicted molar refractivity (Wildman–Crippen MR) is 83.6 cm³/mol. The summed E-state index contributed by atoms with van der Waals surface area (Å²) in [7, 11) is 0. The van der Waals surface area contributed by atoms with Crippen LogP contribution in [-0.2, 0) is 4.74 Å². The molecule has 1 aromatic heterocycles. The van der Waals surface area contributed by atoms with E-state index >= 15 is 0 Å². The van der Waals surface area contributed by atoms with Crippen LogP contribution in [0.4, 0.5) is 23.0 Å². The minimum atomic E-state index is 0.241. The highest BCUT2D eigenvalue weighted by Gasteiger charge is 2.16. The molecule has 110 valence electrons. The highest BCUT2D eigenvalue weighted by molar-refractivity contribution is 5.77. The van der Waals surface area contributed by atoms with Crippen molar-refractivity contribution in [2.75, 3.05) is 29.5 Å². The molecule has 0 spiro atoms. The van der Waals surface area contributed by atoms with E-state index < -0.39 is 0 Å². The summed E-state index contributed by atoms with van der Waals surface area (Å²) in [5.74, 6) is 1.24. The average molecular weight is 285 g/mol. The molecule has 0 amide bonds. The summed E-state index contributed by atoms with van der Waals surface area (Å²) in [4.78, 5) is 8.39. The number of hydrogen-bond acceptors (Lipinski definition) is 6. The van der Waals surface area contributed by atoms with Crippen LogP contribution in [0.25, 0.3) is 0 Å². The van der Waals surface area contributed by atoms with Gasteiger partial charge in [-0.2, -0.15) is 0 Å². The first-order valence-electron chi connectivity index (χ1n) is 7.11. The second-order valence-electron chi connectivity index (χ2n) is 4.99. The summed E-state index contributed by atoms with van der Waals surface area (Å²) < 4.78 is 5.58. The average Bonchev–Trinajstić information content (AvgIpc) is 3.03. The van der Waals surface area contributed by atoms with Gasteiger partial charge in [0.25, 0.3) is 0 Å². The van der Waals surface area contributed by atoms with Crippen molar-refractivity contribution >= 4 is 23.0 Å². The minimum Gasteiger partial charge on any atom is -0.393 e. The van der Waals surface area contributed by atoms with Crippen LogP contribution in [0.1, 0.15) is 12.8 Å².